The number of hydrogen-bond donors (Lipinski definition) is 1. The fraction of sp³-hybridized carbons (Fsp3) is 0.364. The van der Waals surface area contributed by atoms with Crippen LogP contribution < -0.4 is 5.73 Å². The number of rotatable bonds is 0. The van der Waals surface area contributed by atoms with Crippen LogP contribution in [0.2, 0.25) is 5.02 Å². The molecule has 0 saturated carbocycles. The third-order valence-electron chi connectivity index (χ3n) is 2.84. The summed E-state index contributed by atoms with van der Waals surface area (Å²) in [6.07, 6.45) is 0.793. The average Bonchev–Trinajstić information content (AvgIpc) is 2.23. The second-order valence-corrected chi connectivity index (χ2v) is 4.20. The van der Waals surface area contributed by atoms with E-state index in [4.69, 9.17) is 17.3 Å². The molecule has 0 atom stereocenters. The van der Waals surface area contributed by atoms with Crippen LogP contribution in [0.1, 0.15) is 18.1 Å². The third-order valence-corrected chi connectivity index (χ3v) is 3.17. The van der Waals surface area contributed by atoms with E-state index in [2.05, 4.69) is 0 Å². The molecule has 0 aromatic heterocycles. The Kier molecular flexibility index (Phi) is 2.57. The second kappa shape index (κ2) is 3.74. The molecule has 1 heterocycles. The Morgan fingerprint density at radius 3 is 2.93 bits per heavy atom. The molecule has 3 nitrogen and oxygen atoms in total. The van der Waals surface area contributed by atoms with E-state index < -0.39 is 0 Å². The summed E-state index contributed by atoms with van der Waals surface area (Å²) >= 11 is 5.94. The Labute approximate surface area is 93.8 Å². The highest BCUT2D eigenvalue weighted by atomic mass is 35.5. The molecular formula is C11H13ClN2O. The summed E-state index contributed by atoms with van der Waals surface area (Å²) in [5, 5.41) is 0.602. The highest BCUT2D eigenvalue weighted by Gasteiger charge is 2.20. The topological polar surface area (TPSA) is 46.3 Å². The first kappa shape index (κ1) is 10.3. The maximum Gasteiger partial charge on any atom is 0.219 e. The summed E-state index contributed by atoms with van der Waals surface area (Å²) in [7, 11) is 0. The average molecular weight is 225 g/mol. The first-order valence-corrected chi connectivity index (χ1v) is 5.28. The van der Waals surface area contributed by atoms with Gasteiger partial charge in [-0.25, -0.2) is 0 Å². The standard InChI is InChI=1S/C11H13ClN2O/c1-7(15)14-5-4-9-8(6-14)2-3-10(12)11(9)13/h2-3H,4-6,13H2,1H3. The highest BCUT2D eigenvalue weighted by molar-refractivity contribution is 6.33. The Morgan fingerprint density at radius 1 is 1.53 bits per heavy atom. The van der Waals surface area contributed by atoms with Crippen molar-refractivity contribution in [3.63, 3.8) is 0 Å². The van der Waals surface area contributed by atoms with Crippen molar-refractivity contribution >= 4 is 23.2 Å². The SMILES string of the molecule is CC(=O)N1CCc2c(ccc(Cl)c2N)C1. The van der Waals surface area contributed by atoms with Gasteiger partial charge in [-0.3, -0.25) is 4.79 Å². The van der Waals surface area contributed by atoms with Crippen LogP contribution in [0.5, 0.6) is 0 Å². The quantitative estimate of drug-likeness (QED) is 0.684. The lowest BCUT2D eigenvalue weighted by Crippen LogP contribution is -2.34. The Morgan fingerprint density at radius 2 is 2.27 bits per heavy atom. The first-order chi connectivity index (χ1) is 7.09. The number of nitrogen functional groups attached to an aromatic ring is 1. The van der Waals surface area contributed by atoms with Gasteiger partial charge in [0.05, 0.1) is 10.7 Å². The predicted octanol–water partition coefficient (Wildman–Crippen LogP) is 1.83. The van der Waals surface area contributed by atoms with E-state index >= 15 is 0 Å². The third kappa shape index (κ3) is 1.79. The van der Waals surface area contributed by atoms with Crippen molar-refractivity contribution in [1.82, 2.24) is 4.90 Å². The van der Waals surface area contributed by atoms with E-state index in [0.29, 0.717) is 17.3 Å². The maximum atomic E-state index is 11.2. The molecule has 0 fully saturated rings. The number of nitrogens with two attached hydrogens (primary N) is 1. The van der Waals surface area contributed by atoms with Crippen molar-refractivity contribution in [3.8, 4) is 0 Å². The first-order valence-electron chi connectivity index (χ1n) is 4.91. The van der Waals surface area contributed by atoms with Gasteiger partial charge in [-0.15, -0.1) is 0 Å². The molecule has 1 aromatic carbocycles. The summed E-state index contributed by atoms with van der Waals surface area (Å²) in [6, 6.07) is 3.74. The lowest BCUT2D eigenvalue weighted by atomic mass is 9.98. The molecule has 0 unspecified atom stereocenters. The number of anilines is 1. The number of carbonyl (C=O) groups is 1. The van der Waals surface area contributed by atoms with E-state index in [1.54, 1.807) is 13.0 Å². The normalized spacial score (nSPS) is 14.9. The zero-order valence-electron chi connectivity index (χ0n) is 8.59. The van der Waals surface area contributed by atoms with Gasteiger partial charge < -0.3 is 10.6 Å². The molecule has 1 aromatic rings. The smallest absolute Gasteiger partial charge is 0.219 e. The molecule has 1 aliphatic rings. The van der Waals surface area contributed by atoms with Gasteiger partial charge in [-0.1, -0.05) is 17.7 Å². The monoisotopic (exact) mass is 224 g/mol. The van der Waals surface area contributed by atoms with Gasteiger partial charge >= 0.3 is 0 Å². The number of hydrogen-bond acceptors (Lipinski definition) is 2. The molecule has 0 aliphatic carbocycles. The number of benzene rings is 1. The molecule has 4 heteroatoms. The predicted molar refractivity (Wildman–Crippen MR) is 60.7 cm³/mol. The van der Waals surface area contributed by atoms with Gasteiger partial charge in [-0.05, 0) is 23.6 Å². The van der Waals surface area contributed by atoms with Crippen LogP contribution in [0.15, 0.2) is 12.1 Å². The van der Waals surface area contributed by atoms with E-state index in [-0.39, 0.29) is 5.91 Å². The Balaban J connectivity index is 2.36. The fourth-order valence-electron chi connectivity index (χ4n) is 1.92. The maximum absolute atomic E-state index is 11.2. The molecule has 0 radical (unpaired) electrons. The van der Waals surface area contributed by atoms with Crippen LogP contribution in [0.4, 0.5) is 5.69 Å². The van der Waals surface area contributed by atoms with Crippen LogP contribution in [-0.4, -0.2) is 17.4 Å². The van der Waals surface area contributed by atoms with Gasteiger partial charge in [0.15, 0.2) is 0 Å². The molecule has 80 valence electrons. The number of halogens is 1. The molecule has 1 amide bonds. The zero-order valence-corrected chi connectivity index (χ0v) is 9.34. The minimum absolute atomic E-state index is 0.106. The van der Waals surface area contributed by atoms with Crippen molar-refractivity contribution in [1.29, 1.82) is 0 Å². The summed E-state index contributed by atoms with van der Waals surface area (Å²) in [4.78, 5) is 13.0. The summed E-state index contributed by atoms with van der Waals surface area (Å²) in [5.41, 5.74) is 8.76. The fourth-order valence-corrected chi connectivity index (χ4v) is 2.10. The van der Waals surface area contributed by atoms with Crippen LogP contribution in [0.25, 0.3) is 0 Å². The van der Waals surface area contributed by atoms with Crippen molar-refractivity contribution in [2.75, 3.05) is 12.3 Å². The van der Waals surface area contributed by atoms with E-state index in [0.717, 1.165) is 24.1 Å². The molecule has 0 spiro atoms. The van der Waals surface area contributed by atoms with E-state index in [9.17, 15) is 4.79 Å². The molecule has 0 bridgehead atoms. The number of nitrogens with zero attached hydrogens (tertiary/aromatic N) is 1. The molecule has 1 aliphatic heterocycles. The van der Waals surface area contributed by atoms with Crippen molar-refractivity contribution < 1.29 is 4.79 Å². The molecule has 2 rings (SSSR count). The van der Waals surface area contributed by atoms with Crippen LogP contribution >= 0.6 is 11.6 Å². The number of fused-ring (bicyclic) bond motifs is 1. The van der Waals surface area contributed by atoms with Crippen molar-refractivity contribution in [2.45, 2.75) is 19.9 Å². The van der Waals surface area contributed by atoms with Crippen LogP contribution in [0.3, 0.4) is 0 Å². The number of carbonyl (C=O) groups excluding carboxylic acids is 1. The summed E-state index contributed by atoms with van der Waals surface area (Å²) < 4.78 is 0. The van der Waals surface area contributed by atoms with E-state index in [1.165, 1.54) is 0 Å². The minimum Gasteiger partial charge on any atom is -0.397 e. The highest BCUT2D eigenvalue weighted by Crippen LogP contribution is 2.30. The Bertz CT molecular complexity index is 417. The second-order valence-electron chi connectivity index (χ2n) is 3.79. The van der Waals surface area contributed by atoms with Gasteiger partial charge in [-0.2, -0.15) is 0 Å². The molecule has 2 N–H and O–H groups in total. The largest absolute Gasteiger partial charge is 0.397 e. The summed E-state index contributed by atoms with van der Waals surface area (Å²) in [5.74, 6) is 0.106. The van der Waals surface area contributed by atoms with Crippen LogP contribution in [-0.2, 0) is 17.8 Å². The van der Waals surface area contributed by atoms with Crippen LogP contribution in [0, 0.1) is 0 Å². The van der Waals surface area contributed by atoms with Gasteiger partial charge in [0.25, 0.3) is 0 Å². The van der Waals surface area contributed by atoms with Gasteiger partial charge in [0.1, 0.15) is 0 Å². The van der Waals surface area contributed by atoms with Gasteiger partial charge in [0.2, 0.25) is 5.91 Å². The van der Waals surface area contributed by atoms with Crippen molar-refractivity contribution in [2.24, 2.45) is 0 Å². The van der Waals surface area contributed by atoms with Gasteiger partial charge in [0, 0.05) is 20.0 Å². The lowest BCUT2D eigenvalue weighted by molar-refractivity contribution is -0.129. The molecular weight excluding hydrogens is 212 g/mol. The number of amides is 1. The molecule has 15 heavy (non-hydrogen) atoms. The minimum atomic E-state index is 0.106. The Hall–Kier alpha value is -1.22. The zero-order chi connectivity index (χ0) is 11.0. The summed E-state index contributed by atoms with van der Waals surface area (Å²) in [6.45, 7) is 2.96. The van der Waals surface area contributed by atoms with Crippen molar-refractivity contribution in [3.05, 3.63) is 28.3 Å². The van der Waals surface area contributed by atoms with E-state index in [1.807, 2.05) is 11.0 Å². The molecule has 0 saturated heterocycles. The lowest BCUT2D eigenvalue weighted by Gasteiger charge is -2.28.